The molecule has 1 aromatic carbocycles. The van der Waals surface area contributed by atoms with Crippen LogP contribution < -0.4 is 10.1 Å². The maximum atomic E-state index is 5.71. The second-order valence-corrected chi connectivity index (χ2v) is 5.83. The molecule has 2 rings (SSSR count). The van der Waals surface area contributed by atoms with E-state index in [0.29, 0.717) is 0 Å². The smallest absolute Gasteiger partial charge is 0.119 e. The van der Waals surface area contributed by atoms with Crippen molar-refractivity contribution in [2.24, 2.45) is 0 Å². The van der Waals surface area contributed by atoms with Gasteiger partial charge in [-0.25, -0.2) is 0 Å². The lowest BCUT2D eigenvalue weighted by molar-refractivity contribution is 0.164. The summed E-state index contributed by atoms with van der Waals surface area (Å²) in [5, 5.41) is 3.55. The van der Waals surface area contributed by atoms with Crippen molar-refractivity contribution in [1.82, 2.24) is 10.2 Å². The summed E-state index contributed by atoms with van der Waals surface area (Å²) in [6, 6.07) is 8.60. The fourth-order valence-electron chi connectivity index (χ4n) is 2.81. The highest BCUT2D eigenvalue weighted by molar-refractivity contribution is 5.32. The Bertz CT molecular complexity index is 392. The van der Waals surface area contributed by atoms with E-state index in [-0.39, 0.29) is 11.6 Å². The molecule has 0 aromatic heterocycles. The molecule has 106 valence electrons. The molecule has 0 amide bonds. The lowest BCUT2D eigenvalue weighted by Crippen LogP contribution is -2.48. The molecule has 0 spiro atoms. The monoisotopic (exact) mass is 262 g/mol. The Labute approximate surface area is 116 Å². The maximum Gasteiger partial charge on any atom is 0.119 e. The summed E-state index contributed by atoms with van der Waals surface area (Å²) in [7, 11) is 4.27. The van der Waals surface area contributed by atoms with Crippen LogP contribution >= 0.6 is 0 Å². The molecular weight excluding hydrogens is 236 g/mol. The molecule has 3 heteroatoms. The predicted octanol–water partition coefficient (Wildman–Crippen LogP) is 2.61. The first-order chi connectivity index (χ1) is 9.05. The van der Waals surface area contributed by atoms with Gasteiger partial charge in [0.05, 0.1) is 6.10 Å². The van der Waals surface area contributed by atoms with Gasteiger partial charge in [0.1, 0.15) is 5.75 Å². The molecular formula is C16H26N2O. The lowest BCUT2D eigenvalue weighted by Gasteiger charge is -2.41. The molecule has 1 saturated heterocycles. The molecule has 0 unspecified atom stereocenters. The van der Waals surface area contributed by atoms with Crippen molar-refractivity contribution in [1.29, 1.82) is 0 Å². The number of rotatable bonds is 4. The van der Waals surface area contributed by atoms with E-state index in [9.17, 15) is 0 Å². The van der Waals surface area contributed by atoms with Crippen LogP contribution in [0.15, 0.2) is 24.3 Å². The molecule has 1 aromatic rings. The van der Waals surface area contributed by atoms with Crippen LogP contribution in [0.2, 0.25) is 0 Å². The van der Waals surface area contributed by atoms with Crippen LogP contribution in [0.1, 0.15) is 32.3 Å². The minimum Gasteiger partial charge on any atom is -0.491 e. The van der Waals surface area contributed by atoms with Gasteiger partial charge in [-0.2, -0.15) is 0 Å². The number of piperidine rings is 1. The Morgan fingerprint density at radius 3 is 2.21 bits per heavy atom. The molecule has 0 atom stereocenters. The van der Waals surface area contributed by atoms with Crippen molar-refractivity contribution in [3.63, 3.8) is 0 Å². The number of hydrogen-bond acceptors (Lipinski definition) is 3. The van der Waals surface area contributed by atoms with Gasteiger partial charge in [0.15, 0.2) is 0 Å². The Morgan fingerprint density at radius 1 is 1.16 bits per heavy atom. The average molecular weight is 262 g/mol. The van der Waals surface area contributed by atoms with Crippen LogP contribution in [-0.4, -0.2) is 38.2 Å². The third-order valence-electron chi connectivity index (χ3n) is 4.10. The zero-order chi connectivity index (χ0) is 13.9. The fraction of sp³-hybridized carbons (Fsp3) is 0.625. The molecule has 1 aliphatic heterocycles. The Balaban J connectivity index is 2.15. The number of ether oxygens (including phenoxy) is 1. The van der Waals surface area contributed by atoms with Gasteiger partial charge in [0, 0.05) is 5.54 Å². The number of nitrogens with zero attached hydrogens (tertiary/aromatic N) is 1. The van der Waals surface area contributed by atoms with Gasteiger partial charge in [-0.3, -0.25) is 0 Å². The second kappa shape index (κ2) is 5.93. The highest BCUT2D eigenvalue weighted by Crippen LogP contribution is 2.33. The van der Waals surface area contributed by atoms with E-state index in [1.54, 1.807) is 0 Å². The summed E-state index contributed by atoms with van der Waals surface area (Å²) in [4.78, 5) is 2.39. The van der Waals surface area contributed by atoms with E-state index in [2.05, 4.69) is 62.4 Å². The Morgan fingerprint density at radius 2 is 1.74 bits per heavy atom. The van der Waals surface area contributed by atoms with E-state index in [0.717, 1.165) is 31.7 Å². The van der Waals surface area contributed by atoms with Gasteiger partial charge in [0.2, 0.25) is 0 Å². The van der Waals surface area contributed by atoms with Crippen LogP contribution in [0.4, 0.5) is 0 Å². The number of hydrogen-bond donors (Lipinski definition) is 1. The predicted molar refractivity (Wildman–Crippen MR) is 79.7 cm³/mol. The van der Waals surface area contributed by atoms with E-state index in [1.165, 1.54) is 5.56 Å². The van der Waals surface area contributed by atoms with E-state index in [4.69, 9.17) is 4.74 Å². The molecule has 1 fully saturated rings. The lowest BCUT2D eigenvalue weighted by atomic mass is 9.81. The highest BCUT2D eigenvalue weighted by Gasteiger charge is 2.33. The maximum absolute atomic E-state index is 5.71. The average Bonchev–Trinajstić information content (AvgIpc) is 2.40. The van der Waals surface area contributed by atoms with E-state index >= 15 is 0 Å². The minimum atomic E-state index is 0.128. The van der Waals surface area contributed by atoms with Gasteiger partial charge in [0.25, 0.3) is 0 Å². The van der Waals surface area contributed by atoms with Crippen molar-refractivity contribution in [3.8, 4) is 5.75 Å². The quantitative estimate of drug-likeness (QED) is 0.902. The first-order valence-electron chi connectivity index (χ1n) is 7.20. The zero-order valence-electron chi connectivity index (χ0n) is 12.6. The van der Waals surface area contributed by atoms with Crippen molar-refractivity contribution >= 4 is 0 Å². The molecule has 0 bridgehead atoms. The summed E-state index contributed by atoms with van der Waals surface area (Å²) >= 11 is 0. The van der Waals surface area contributed by atoms with Crippen LogP contribution in [0.5, 0.6) is 5.75 Å². The highest BCUT2D eigenvalue weighted by atomic mass is 16.5. The normalized spacial score (nSPS) is 19.6. The number of benzene rings is 1. The summed E-state index contributed by atoms with van der Waals surface area (Å²) < 4.78 is 5.71. The first kappa shape index (κ1) is 14.4. The van der Waals surface area contributed by atoms with Gasteiger partial charge in [-0.1, -0.05) is 12.1 Å². The molecule has 1 heterocycles. The van der Waals surface area contributed by atoms with Crippen LogP contribution in [0.25, 0.3) is 0 Å². The minimum absolute atomic E-state index is 0.128. The third kappa shape index (κ3) is 3.28. The van der Waals surface area contributed by atoms with Crippen molar-refractivity contribution in [3.05, 3.63) is 29.8 Å². The second-order valence-electron chi connectivity index (χ2n) is 5.83. The zero-order valence-corrected chi connectivity index (χ0v) is 12.6. The van der Waals surface area contributed by atoms with Crippen molar-refractivity contribution in [2.75, 3.05) is 27.2 Å². The third-order valence-corrected chi connectivity index (χ3v) is 4.10. The van der Waals surface area contributed by atoms with Crippen LogP contribution in [0.3, 0.4) is 0 Å². The van der Waals surface area contributed by atoms with Gasteiger partial charge in [-0.05, 0) is 71.6 Å². The Hall–Kier alpha value is -1.06. The van der Waals surface area contributed by atoms with Crippen molar-refractivity contribution in [2.45, 2.75) is 38.3 Å². The summed E-state index contributed by atoms with van der Waals surface area (Å²) in [5.74, 6) is 0.956. The van der Waals surface area contributed by atoms with Gasteiger partial charge in [-0.15, -0.1) is 0 Å². The summed E-state index contributed by atoms with van der Waals surface area (Å²) in [6.45, 7) is 6.40. The molecule has 0 saturated carbocycles. The SMILES string of the molecule is CNC1(c2ccc(OC(C)C)cc2)CCN(C)CC1. The van der Waals surface area contributed by atoms with E-state index in [1.807, 2.05) is 0 Å². The molecule has 0 aliphatic carbocycles. The molecule has 0 radical (unpaired) electrons. The molecule has 3 nitrogen and oxygen atoms in total. The van der Waals surface area contributed by atoms with Gasteiger partial charge >= 0.3 is 0 Å². The van der Waals surface area contributed by atoms with Gasteiger partial charge < -0.3 is 15.0 Å². The largest absolute Gasteiger partial charge is 0.491 e. The number of nitrogens with one attached hydrogen (secondary N) is 1. The summed E-state index contributed by atoms with van der Waals surface area (Å²) in [6.07, 6.45) is 2.54. The topological polar surface area (TPSA) is 24.5 Å². The van der Waals surface area contributed by atoms with E-state index < -0.39 is 0 Å². The number of likely N-dealkylation sites (tertiary alicyclic amines) is 1. The molecule has 1 aliphatic rings. The van der Waals surface area contributed by atoms with Crippen LogP contribution in [-0.2, 0) is 5.54 Å². The fourth-order valence-corrected chi connectivity index (χ4v) is 2.81. The van der Waals surface area contributed by atoms with Crippen molar-refractivity contribution < 1.29 is 4.74 Å². The standard InChI is InChI=1S/C16H26N2O/c1-13(2)19-15-7-5-14(6-8-15)16(17-3)9-11-18(4)12-10-16/h5-8,13,17H,9-12H2,1-4H3. The molecule has 1 N–H and O–H groups in total. The molecule has 19 heavy (non-hydrogen) atoms. The van der Waals surface area contributed by atoms with Crippen LogP contribution in [0, 0.1) is 0 Å². The first-order valence-corrected chi connectivity index (χ1v) is 7.20. The Kier molecular flexibility index (Phi) is 4.48. The summed E-state index contributed by atoms with van der Waals surface area (Å²) in [5.41, 5.74) is 1.50.